The highest BCUT2D eigenvalue weighted by molar-refractivity contribution is 6.42. The van der Waals surface area contributed by atoms with E-state index < -0.39 is 0 Å². The molecule has 3 aromatic rings. The third-order valence-corrected chi connectivity index (χ3v) is 4.44. The van der Waals surface area contributed by atoms with E-state index in [0.717, 1.165) is 11.1 Å². The summed E-state index contributed by atoms with van der Waals surface area (Å²) in [4.78, 5) is 12.4. The van der Waals surface area contributed by atoms with Gasteiger partial charge in [0, 0.05) is 5.69 Å². The molecule has 0 saturated heterocycles. The van der Waals surface area contributed by atoms with Crippen LogP contribution in [0.4, 0.5) is 5.69 Å². The molecule has 0 saturated carbocycles. The van der Waals surface area contributed by atoms with Crippen LogP contribution >= 0.6 is 23.2 Å². The van der Waals surface area contributed by atoms with Crippen molar-refractivity contribution in [1.29, 1.82) is 0 Å². The molecule has 1 amide bonds. The van der Waals surface area contributed by atoms with Crippen LogP contribution in [0.25, 0.3) is 0 Å². The van der Waals surface area contributed by atoms with Gasteiger partial charge in [0.25, 0.3) is 5.91 Å². The molecular formula is C18H15Cl2N4O. The van der Waals surface area contributed by atoms with E-state index in [4.69, 9.17) is 23.2 Å². The summed E-state index contributed by atoms with van der Waals surface area (Å²) in [5.74, 6) is -0.316. The number of rotatable bonds is 4. The van der Waals surface area contributed by atoms with Crippen LogP contribution < -0.4 is 5.32 Å². The molecule has 1 N–H and O–H groups in total. The highest BCUT2D eigenvalue weighted by Gasteiger charge is 2.17. The minimum atomic E-state index is -0.316. The highest BCUT2D eigenvalue weighted by atomic mass is 35.5. The second-order valence-corrected chi connectivity index (χ2v) is 6.40. The van der Waals surface area contributed by atoms with Gasteiger partial charge in [0.2, 0.25) is 0 Å². The van der Waals surface area contributed by atoms with Gasteiger partial charge in [-0.3, -0.25) is 4.79 Å². The Morgan fingerprint density at radius 2 is 2.00 bits per heavy atom. The van der Waals surface area contributed by atoms with Crippen molar-refractivity contribution in [2.24, 2.45) is 0 Å². The Kier molecular flexibility index (Phi) is 5.06. The third-order valence-electron chi connectivity index (χ3n) is 3.70. The van der Waals surface area contributed by atoms with E-state index in [1.165, 1.54) is 0 Å². The monoisotopic (exact) mass is 373 g/mol. The third kappa shape index (κ3) is 4.00. The summed E-state index contributed by atoms with van der Waals surface area (Å²) in [6, 6.07) is 12.6. The van der Waals surface area contributed by atoms with Gasteiger partial charge < -0.3 is 5.32 Å². The van der Waals surface area contributed by atoms with Crippen LogP contribution in [0, 0.1) is 13.8 Å². The van der Waals surface area contributed by atoms with Crippen molar-refractivity contribution < 1.29 is 4.79 Å². The van der Waals surface area contributed by atoms with Gasteiger partial charge in [-0.1, -0.05) is 46.6 Å². The molecule has 0 unspecified atom stereocenters. The molecule has 0 aliphatic rings. The summed E-state index contributed by atoms with van der Waals surface area (Å²) < 4.78 is 1.65. The first-order chi connectivity index (χ1) is 11.9. The van der Waals surface area contributed by atoms with Gasteiger partial charge in [0.05, 0.1) is 22.3 Å². The number of amides is 1. The fraction of sp³-hybridized carbons (Fsp3) is 0.111. The summed E-state index contributed by atoms with van der Waals surface area (Å²) in [5, 5.41) is 11.8. The first kappa shape index (κ1) is 17.5. The van der Waals surface area contributed by atoms with Crippen LogP contribution in [0.5, 0.6) is 0 Å². The van der Waals surface area contributed by atoms with Gasteiger partial charge in [-0.05, 0) is 49.2 Å². The Labute approximate surface area is 155 Å². The Morgan fingerprint density at radius 3 is 2.72 bits per heavy atom. The summed E-state index contributed by atoms with van der Waals surface area (Å²) in [6.07, 6.45) is 0. The number of aromatic nitrogens is 3. The molecule has 1 heterocycles. The molecule has 1 aromatic heterocycles. The van der Waals surface area contributed by atoms with Gasteiger partial charge in [-0.15, -0.1) is 5.10 Å². The zero-order valence-corrected chi connectivity index (χ0v) is 15.0. The number of hydrogen-bond donors (Lipinski definition) is 1. The predicted octanol–water partition coefficient (Wildman–Crippen LogP) is 4.38. The van der Waals surface area contributed by atoms with Gasteiger partial charge >= 0.3 is 0 Å². The molecule has 3 rings (SSSR count). The zero-order chi connectivity index (χ0) is 18.0. The Hall–Kier alpha value is -2.37. The molecular weight excluding hydrogens is 359 g/mol. The van der Waals surface area contributed by atoms with Gasteiger partial charge in [-0.2, -0.15) is 0 Å². The highest BCUT2D eigenvalue weighted by Crippen LogP contribution is 2.23. The number of nitrogens with one attached hydrogen (secondary N) is 1. The van der Waals surface area contributed by atoms with E-state index in [-0.39, 0.29) is 11.6 Å². The normalized spacial score (nSPS) is 10.7. The number of anilines is 1. The van der Waals surface area contributed by atoms with Crippen molar-refractivity contribution in [3.8, 4) is 0 Å². The van der Waals surface area contributed by atoms with Gasteiger partial charge in [-0.25, -0.2) is 4.68 Å². The van der Waals surface area contributed by atoms with E-state index in [0.29, 0.717) is 28.0 Å². The summed E-state index contributed by atoms with van der Waals surface area (Å²) in [7, 11) is 0. The maximum atomic E-state index is 12.4. The number of carbonyl (C=O) groups is 1. The number of carbonyl (C=O) groups excluding carboxylic acids is 1. The topological polar surface area (TPSA) is 59.8 Å². The van der Waals surface area contributed by atoms with Gasteiger partial charge in [0.1, 0.15) is 0 Å². The molecule has 7 heteroatoms. The lowest BCUT2D eigenvalue weighted by Crippen LogP contribution is -2.14. The van der Waals surface area contributed by atoms with E-state index in [1.807, 2.05) is 18.2 Å². The molecule has 0 aliphatic heterocycles. The first-order valence-electron chi connectivity index (χ1n) is 7.51. The second kappa shape index (κ2) is 7.25. The summed E-state index contributed by atoms with van der Waals surface area (Å²) in [5.41, 5.74) is 3.33. The fourth-order valence-corrected chi connectivity index (χ4v) is 2.69. The number of hydrogen-bond acceptors (Lipinski definition) is 3. The molecule has 0 fully saturated rings. The predicted molar refractivity (Wildman–Crippen MR) is 99.2 cm³/mol. The summed E-state index contributed by atoms with van der Waals surface area (Å²) >= 11 is 12.0. The Morgan fingerprint density at radius 1 is 1.20 bits per heavy atom. The lowest BCUT2D eigenvalue weighted by atomic mass is 10.2. The van der Waals surface area contributed by atoms with Crippen LogP contribution in [-0.4, -0.2) is 20.9 Å². The number of nitrogens with zero attached hydrogens (tertiary/aromatic N) is 3. The molecule has 5 nitrogen and oxygen atoms in total. The maximum Gasteiger partial charge on any atom is 0.278 e. The van der Waals surface area contributed by atoms with E-state index in [1.54, 1.807) is 35.9 Å². The molecule has 0 spiro atoms. The second-order valence-electron chi connectivity index (χ2n) is 5.58. The van der Waals surface area contributed by atoms with Crippen LogP contribution in [0.1, 0.15) is 27.3 Å². The zero-order valence-electron chi connectivity index (χ0n) is 13.5. The number of halogens is 2. The standard InChI is InChI=1S/C18H15Cl2N4O/c1-11-4-3-5-14(8-11)21-18(25)17-12(2)24(23-22-17)10-13-6-7-15(19)16(20)9-13/h3-9H,1,10H2,2H3,(H,21,25). The van der Waals surface area contributed by atoms with Crippen LogP contribution in [0.2, 0.25) is 10.0 Å². The SMILES string of the molecule is [CH2]c1cccc(NC(=O)c2nnn(Cc3ccc(Cl)c(Cl)c3)c2C)c1. The lowest BCUT2D eigenvalue weighted by Gasteiger charge is -2.06. The van der Waals surface area contributed by atoms with Crippen molar-refractivity contribution in [2.75, 3.05) is 5.32 Å². The largest absolute Gasteiger partial charge is 0.321 e. The molecule has 127 valence electrons. The smallest absolute Gasteiger partial charge is 0.278 e. The molecule has 2 aromatic carbocycles. The maximum absolute atomic E-state index is 12.4. The van der Waals surface area contributed by atoms with Crippen LogP contribution in [-0.2, 0) is 6.54 Å². The minimum Gasteiger partial charge on any atom is -0.321 e. The molecule has 1 radical (unpaired) electrons. The van der Waals surface area contributed by atoms with Crippen molar-refractivity contribution in [2.45, 2.75) is 13.5 Å². The average molecular weight is 374 g/mol. The van der Waals surface area contributed by atoms with Crippen molar-refractivity contribution in [3.05, 3.63) is 81.9 Å². The van der Waals surface area contributed by atoms with E-state index in [9.17, 15) is 4.79 Å². The molecule has 25 heavy (non-hydrogen) atoms. The average Bonchev–Trinajstić information content (AvgIpc) is 2.92. The van der Waals surface area contributed by atoms with Crippen molar-refractivity contribution in [1.82, 2.24) is 15.0 Å². The quantitative estimate of drug-likeness (QED) is 0.738. The molecule has 0 aliphatic carbocycles. The first-order valence-corrected chi connectivity index (χ1v) is 8.27. The molecule has 0 atom stereocenters. The fourth-order valence-electron chi connectivity index (χ4n) is 2.37. The molecule has 0 bridgehead atoms. The van der Waals surface area contributed by atoms with E-state index in [2.05, 4.69) is 22.6 Å². The van der Waals surface area contributed by atoms with E-state index >= 15 is 0 Å². The minimum absolute atomic E-state index is 0.273. The van der Waals surface area contributed by atoms with Crippen molar-refractivity contribution in [3.63, 3.8) is 0 Å². The van der Waals surface area contributed by atoms with Gasteiger partial charge in [0.15, 0.2) is 5.69 Å². The number of benzene rings is 2. The van der Waals surface area contributed by atoms with Crippen LogP contribution in [0.15, 0.2) is 42.5 Å². The Balaban J connectivity index is 1.78. The lowest BCUT2D eigenvalue weighted by molar-refractivity contribution is 0.102. The summed E-state index contributed by atoms with van der Waals surface area (Å²) in [6.45, 7) is 6.08. The van der Waals surface area contributed by atoms with Crippen molar-refractivity contribution >= 4 is 34.8 Å². The Bertz CT molecular complexity index is 937. The van der Waals surface area contributed by atoms with Crippen LogP contribution in [0.3, 0.4) is 0 Å².